The lowest BCUT2D eigenvalue weighted by Crippen LogP contribution is -2.39. The Morgan fingerprint density at radius 2 is 1.89 bits per heavy atom. The Balaban J connectivity index is 0.00000133. The molecule has 0 radical (unpaired) electrons. The fraction of sp³-hybridized carbons (Fsp3) is 0.533. The zero-order valence-electron chi connectivity index (χ0n) is 11.0. The zero-order chi connectivity index (χ0) is 12.4. The molecule has 3 nitrogen and oxygen atoms in total. The molecule has 3 rings (SSSR count). The van der Waals surface area contributed by atoms with E-state index in [0.29, 0.717) is 12.0 Å². The molecular formula is C15H21ClN2O. The Morgan fingerprint density at radius 1 is 1.16 bits per heavy atom. The Hall–Kier alpha value is -1.06. The molecule has 3 atom stereocenters. The van der Waals surface area contributed by atoms with Crippen molar-refractivity contribution in [1.29, 1.82) is 0 Å². The molecule has 2 N–H and O–H groups in total. The van der Waals surface area contributed by atoms with Gasteiger partial charge < -0.3 is 10.6 Å². The van der Waals surface area contributed by atoms with Crippen LogP contribution in [0.3, 0.4) is 0 Å². The summed E-state index contributed by atoms with van der Waals surface area (Å²) in [6, 6.07) is 10.3. The van der Waals surface area contributed by atoms with Gasteiger partial charge in [-0.2, -0.15) is 0 Å². The maximum absolute atomic E-state index is 12.2. The van der Waals surface area contributed by atoms with E-state index in [2.05, 4.69) is 10.6 Å². The van der Waals surface area contributed by atoms with E-state index >= 15 is 0 Å². The summed E-state index contributed by atoms with van der Waals surface area (Å²) >= 11 is 0. The zero-order valence-corrected chi connectivity index (χ0v) is 11.8. The fourth-order valence-electron chi connectivity index (χ4n) is 3.27. The second kappa shape index (κ2) is 6.40. The summed E-state index contributed by atoms with van der Waals surface area (Å²) in [5.41, 5.74) is 0.888. The van der Waals surface area contributed by atoms with Crippen molar-refractivity contribution in [2.45, 2.75) is 44.2 Å². The third-order valence-electron chi connectivity index (χ3n) is 4.22. The first-order valence-electron chi connectivity index (χ1n) is 6.95. The number of hydrogen-bond acceptors (Lipinski definition) is 2. The van der Waals surface area contributed by atoms with Crippen LogP contribution in [0.4, 0.5) is 5.69 Å². The lowest BCUT2D eigenvalue weighted by molar-refractivity contribution is -0.117. The van der Waals surface area contributed by atoms with Crippen LogP contribution in [0.2, 0.25) is 0 Å². The van der Waals surface area contributed by atoms with Crippen LogP contribution < -0.4 is 10.6 Å². The second-order valence-electron chi connectivity index (χ2n) is 5.46. The van der Waals surface area contributed by atoms with Crippen molar-refractivity contribution >= 4 is 24.0 Å². The SMILES string of the molecule is Cl.O=C(Nc1ccccc1)C1CC2CCCCC2N1. The van der Waals surface area contributed by atoms with Gasteiger partial charge in [0.2, 0.25) is 5.91 Å². The highest BCUT2D eigenvalue weighted by molar-refractivity contribution is 5.95. The van der Waals surface area contributed by atoms with Gasteiger partial charge in [0.1, 0.15) is 0 Å². The van der Waals surface area contributed by atoms with Crippen LogP contribution in [0.1, 0.15) is 32.1 Å². The first-order chi connectivity index (χ1) is 8.83. The molecule has 4 heteroatoms. The van der Waals surface area contributed by atoms with Crippen molar-refractivity contribution in [3.8, 4) is 0 Å². The highest BCUT2D eigenvalue weighted by Crippen LogP contribution is 2.33. The number of halogens is 1. The molecule has 0 aromatic heterocycles. The topological polar surface area (TPSA) is 41.1 Å². The van der Waals surface area contributed by atoms with Crippen molar-refractivity contribution < 1.29 is 4.79 Å². The van der Waals surface area contributed by atoms with Gasteiger partial charge in [-0.25, -0.2) is 0 Å². The second-order valence-corrected chi connectivity index (χ2v) is 5.46. The molecule has 19 heavy (non-hydrogen) atoms. The highest BCUT2D eigenvalue weighted by Gasteiger charge is 2.38. The Morgan fingerprint density at radius 3 is 2.63 bits per heavy atom. The summed E-state index contributed by atoms with van der Waals surface area (Å²) in [4.78, 5) is 12.2. The number of fused-ring (bicyclic) bond motifs is 1. The lowest BCUT2D eigenvalue weighted by Gasteiger charge is -2.24. The quantitative estimate of drug-likeness (QED) is 0.874. The van der Waals surface area contributed by atoms with Gasteiger partial charge >= 0.3 is 0 Å². The van der Waals surface area contributed by atoms with Crippen LogP contribution in [-0.2, 0) is 4.79 Å². The number of para-hydroxylation sites is 1. The number of benzene rings is 1. The van der Waals surface area contributed by atoms with E-state index in [-0.39, 0.29) is 24.4 Å². The van der Waals surface area contributed by atoms with Crippen LogP contribution in [-0.4, -0.2) is 18.0 Å². The summed E-state index contributed by atoms with van der Waals surface area (Å²) in [6.07, 6.45) is 6.16. The average Bonchev–Trinajstić information content (AvgIpc) is 2.84. The Labute approximate surface area is 120 Å². The summed E-state index contributed by atoms with van der Waals surface area (Å²) < 4.78 is 0. The molecule has 3 unspecified atom stereocenters. The van der Waals surface area contributed by atoms with E-state index in [0.717, 1.165) is 12.1 Å². The monoisotopic (exact) mass is 280 g/mol. The summed E-state index contributed by atoms with van der Waals surface area (Å²) in [7, 11) is 0. The van der Waals surface area contributed by atoms with E-state index in [4.69, 9.17) is 0 Å². The van der Waals surface area contributed by atoms with Crippen LogP contribution in [0.25, 0.3) is 0 Å². The molecular weight excluding hydrogens is 260 g/mol. The predicted octanol–water partition coefficient (Wildman–Crippen LogP) is 2.97. The third kappa shape index (κ3) is 3.28. The number of nitrogens with one attached hydrogen (secondary N) is 2. The molecule has 1 aliphatic carbocycles. The maximum atomic E-state index is 12.2. The lowest BCUT2D eigenvalue weighted by atomic mass is 9.85. The number of amides is 1. The molecule has 1 saturated carbocycles. The largest absolute Gasteiger partial charge is 0.325 e. The first kappa shape index (κ1) is 14.4. The van der Waals surface area contributed by atoms with Crippen molar-refractivity contribution in [2.24, 2.45) is 5.92 Å². The third-order valence-corrected chi connectivity index (χ3v) is 4.22. The van der Waals surface area contributed by atoms with Crippen molar-refractivity contribution in [1.82, 2.24) is 5.32 Å². The molecule has 0 spiro atoms. The number of anilines is 1. The molecule has 1 amide bonds. The van der Waals surface area contributed by atoms with Crippen LogP contribution >= 0.6 is 12.4 Å². The molecule has 1 aromatic carbocycles. The number of hydrogen-bond donors (Lipinski definition) is 2. The predicted molar refractivity (Wildman–Crippen MR) is 79.6 cm³/mol. The molecule has 2 fully saturated rings. The normalized spacial score (nSPS) is 29.2. The van der Waals surface area contributed by atoms with Crippen LogP contribution in [0.5, 0.6) is 0 Å². The average molecular weight is 281 g/mol. The number of carbonyl (C=O) groups excluding carboxylic acids is 1. The summed E-state index contributed by atoms with van der Waals surface area (Å²) in [5, 5.41) is 6.49. The maximum Gasteiger partial charge on any atom is 0.241 e. The van der Waals surface area contributed by atoms with Crippen molar-refractivity contribution in [3.05, 3.63) is 30.3 Å². The standard InChI is InChI=1S/C15H20N2O.ClH/c18-15(16-12-7-2-1-3-8-12)14-10-11-6-4-5-9-13(11)17-14;/h1-3,7-8,11,13-14,17H,4-6,9-10H2,(H,16,18);1H. The van der Waals surface area contributed by atoms with E-state index in [1.165, 1.54) is 25.7 Å². The van der Waals surface area contributed by atoms with E-state index in [1.54, 1.807) is 0 Å². The molecule has 1 aromatic rings. The number of carbonyl (C=O) groups is 1. The van der Waals surface area contributed by atoms with Crippen molar-refractivity contribution in [2.75, 3.05) is 5.32 Å². The molecule has 2 aliphatic rings. The highest BCUT2D eigenvalue weighted by atomic mass is 35.5. The number of rotatable bonds is 2. The molecule has 1 heterocycles. The van der Waals surface area contributed by atoms with Gasteiger partial charge in [0.25, 0.3) is 0 Å². The molecule has 0 bridgehead atoms. The summed E-state index contributed by atoms with van der Waals surface area (Å²) in [6.45, 7) is 0. The van der Waals surface area contributed by atoms with Gasteiger partial charge in [-0.05, 0) is 37.3 Å². The minimum Gasteiger partial charge on any atom is -0.325 e. The van der Waals surface area contributed by atoms with E-state index < -0.39 is 0 Å². The first-order valence-corrected chi connectivity index (χ1v) is 6.95. The fourth-order valence-corrected chi connectivity index (χ4v) is 3.27. The minimum atomic E-state index is -0.00157. The van der Waals surface area contributed by atoms with Gasteiger partial charge in [0.15, 0.2) is 0 Å². The van der Waals surface area contributed by atoms with Gasteiger partial charge in [-0.15, -0.1) is 12.4 Å². The Kier molecular flexibility index (Phi) is 4.83. The Bertz CT molecular complexity index is 409. The molecule has 104 valence electrons. The molecule has 1 aliphatic heterocycles. The molecule has 1 saturated heterocycles. The van der Waals surface area contributed by atoms with Gasteiger partial charge in [0, 0.05) is 11.7 Å². The smallest absolute Gasteiger partial charge is 0.241 e. The van der Waals surface area contributed by atoms with Crippen molar-refractivity contribution in [3.63, 3.8) is 0 Å². The van der Waals surface area contributed by atoms with Gasteiger partial charge in [0.05, 0.1) is 6.04 Å². The van der Waals surface area contributed by atoms with Crippen LogP contribution in [0, 0.1) is 5.92 Å². The minimum absolute atomic E-state index is 0. The summed E-state index contributed by atoms with van der Waals surface area (Å²) in [5.74, 6) is 0.834. The van der Waals surface area contributed by atoms with Crippen LogP contribution in [0.15, 0.2) is 30.3 Å². The van der Waals surface area contributed by atoms with Gasteiger partial charge in [-0.1, -0.05) is 31.0 Å². The van der Waals surface area contributed by atoms with E-state index in [1.807, 2.05) is 30.3 Å². The van der Waals surface area contributed by atoms with E-state index in [9.17, 15) is 4.79 Å². The van der Waals surface area contributed by atoms with Gasteiger partial charge in [-0.3, -0.25) is 4.79 Å².